The lowest BCUT2D eigenvalue weighted by atomic mass is 10.2. The summed E-state index contributed by atoms with van der Waals surface area (Å²) in [5.74, 6) is -1.38. The van der Waals surface area contributed by atoms with Crippen LogP contribution >= 0.6 is 0 Å². The van der Waals surface area contributed by atoms with Gasteiger partial charge in [-0.3, -0.25) is 24.3 Å². The number of likely N-dealkylation sites (tertiary alicyclic amines) is 1. The third-order valence-electron chi connectivity index (χ3n) is 3.11. The number of nitrogens with zero attached hydrogens (tertiary/aromatic N) is 2. The molecule has 1 aromatic heterocycles. The summed E-state index contributed by atoms with van der Waals surface area (Å²) >= 11 is 0. The first-order valence-corrected chi connectivity index (χ1v) is 6.87. The standard InChI is InChI=1S/C14H16FN3O4/c15-11-7-10(8-16-9-11)14(21)17-3-5-22-6-4-18-12(19)1-2-13(18)20/h7-9H,1-6H2,(H,17,21). The number of amides is 3. The molecule has 0 bridgehead atoms. The largest absolute Gasteiger partial charge is 0.378 e. The highest BCUT2D eigenvalue weighted by molar-refractivity contribution is 6.01. The van der Waals surface area contributed by atoms with Crippen LogP contribution in [0.25, 0.3) is 0 Å². The summed E-state index contributed by atoms with van der Waals surface area (Å²) in [6.07, 6.45) is 2.80. The van der Waals surface area contributed by atoms with Crippen LogP contribution in [0, 0.1) is 5.82 Å². The highest BCUT2D eigenvalue weighted by atomic mass is 19.1. The van der Waals surface area contributed by atoms with Crippen molar-refractivity contribution in [2.75, 3.05) is 26.3 Å². The van der Waals surface area contributed by atoms with E-state index in [-0.39, 0.29) is 56.5 Å². The Morgan fingerprint density at radius 2 is 2.00 bits per heavy atom. The number of imide groups is 1. The molecule has 22 heavy (non-hydrogen) atoms. The van der Waals surface area contributed by atoms with E-state index in [0.29, 0.717) is 0 Å². The van der Waals surface area contributed by atoms with Crippen LogP contribution in [0.15, 0.2) is 18.5 Å². The smallest absolute Gasteiger partial charge is 0.253 e. The molecule has 8 heteroatoms. The average molecular weight is 309 g/mol. The molecular formula is C14H16FN3O4. The third kappa shape index (κ3) is 4.32. The first kappa shape index (κ1) is 16.0. The van der Waals surface area contributed by atoms with Gasteiger partial charge in [0.1, 0.15) is 5.82 Å². The topological polar surface area (TPSA) is 88.6 Å². The van der Waals surface area contributed by atoms with Crippen molar-refractivity contribution in [3.63, 3.8) is 0 Å². The van der Waals surface area contributed by atoms with Gasteiger partial charge in [0.05, 0.1) is 31.5 Å². The Morgan fingerprint density at radius 1 is 1.27 bits per heavy atom. The number of ether oxygens (including phenoxy) is 1. The molecule has 0 unspecified atom stereocenters. The highest BCUT2D eigenvalue weighted by Crippen LogP contribution is 2.10. The van der Waals surface area contributed by atoms with E-state index in [9.17, 15) is 18.8 Å². The Morgan fingerprint density at radius 3 is 2.68 bits per heavy atom. The summed E-state index contributed by atoms with van der Waals surface area (Å²) in [5, 5.41) is 2.55. The fourth-order valence-corrected chi connectivity index (χ4v) is 2.00. The molecule has 1 aromatic rings. The van der Waals surface area contributed by atoms with Crippen LogP contribution in [0.2, 0.25) is 0 Å². The zero-order chi connectivity index (χ0) is 15.9. The van der Waals surface area contributed by atoms with Crippen LogP contribution in [0.5, 0.6) is 0 Å². The first-order chi connectivity index (χ1) is 10.6. The number of carbonyl (C=O) groups is 3. The van der Waals surface area contributed by atoms with Crippen LogP contribution in [0.3, 0.4) is 0 Å². The molecule has 1 aliphatic rings. The van der Waals surface area contributed by atoms with Crippen molar-refractivity contribution in [3.05, 3.63) is 29.8 Å². The molecule has 0 saturated carbocycles. The minimum absolute atomic E-state index is 0.133. The van der Waals surface area contributed by atoms with Crippen molar-refractivity contribution in [1.82, 2.24) is 15.2 Å². The van der Waals surface area contributed by atoms with E-state index >= 15 is 0 Å². The first-order valence-electron chi connectivity index (χ1n) is 6.87. The van der Waals surface area contributed by atoms with Crippen LogP contribution in [0.1, 0.15) is 23.2 Å². The molecule has 7 nitrogen and oxygen atoms in total. The zero-order valence-electron chi connectivity index (χ0n) is 11.9. The molecule has 0 aliphatic carbocycles. The van der Waals surface area contributed by atoms with Gasteiger partial charge in [-0.25, -0.2) is 4.39 Å². The van der Waals surface area contributed by atoms with Crippen molar-refractivity contribution in [2.24, 2.45) is 0 Å². The van der Waals surface area contributed by atoms with E-state index in [2.05, 4.69) is 10.3 Å². The SMILES string of the molecule is O=C(NCCOCCN1C(=O)CCC1=O)c1cncc(F)c1. The number of aromatic nitrogens is 1. The Labute approximate surface area is 126 Å². The third-order valence-corrected chi connectivity index (χ3v) is 3.11. The predicted octanol–water partition coefficient (Wildman–Crippen LogP) is 0.116. The highest BCUT2D eigenvalue weighted by Gasteiger charge is 2.28. The summed E-state index contributed by atoms with van der Waals surface area (Å²) < 4.78 is 18.2. The molecule has 0 spiro atoms. The van der Waals surface area contributed by atoms with Gasteiger partial charge in [0.2, 0.25) is 11.8 Å². The number of halogens is 1. The Kier molecular flexibility index (Phi) is 5.54. The van der Waals surface area contributed by atoms with Crippen LogP contribution in [0.4, 0.5) is 4.39 Å². The van der Waals surface area contributed by atoms with E-state index in [4.69, 9.17) is 4.74 Å². The lowest BCUT2D eigenvalue weighted by Gasteiger charge is -2.13. The normalized spacial score (nSPS) is 14.5. The molecule has 1 fully saturated rings. The minimum Gasteiger partial charge on any atom is -0.378 e. The zero-order valence-corrected chi connectivity index (χ0v) is 11.9. The maximum atomic E-state index is 12.9. The predicted molar refractivity (Wildman–Crippen MR) is 73.3 cm³/mol. The number of hydrogen-bond donors (Lipinski definition) is 1. The summed E-state index contributed by atoms with van der Waals surface area (Å²) in [5.41, 5.74) is 0.133. The second-order valence-electron chi connectivity index (χ2n) is 4.70. The monoisotopic (exact) mass is 309 g/mol. The van der Waals surface area contributed by atoms with Gasteiger partial charge < -0.3 is 10.1 Å². The van der Waals surface area contributed by atoms with Gasteiger partial charge in [-0.2, -0.15) is 0 Å². The molecule has 0 atom stereocenters. The Bertz CT molecular complexity index is 563. The number of nitrogens with one attached hydrogen (secondary N) is 1. The van der Waals surface area contributed by atoms with Crippen molar-refractivity contribution in [2.45, 2.75) is 12.8 Å². The van der Waals surface area contributed by atoms with Crippen molar-refractivity contribution >= 4 is 17.7 Å². The molecule has 1 aliphatic heterocycles. The minimum atomic E-state index is -0.580. The van der Waals surface area contributed by atoms with Gasteiger partial charge >= 0.3 is 0 Å². The number of hydrogen-bond acceptors (Lipinski definition) is 5. The number of rotatable bonds is 7. The summed E-state index contributed by atoms with van der Waals surface area (Å²) in [6.45, 7) is 0.899. The van der Waals surface area contributed by atoms with E-state index < -0.39 is 11.7 Å². The fourth-order valence-electron chi connectivity index (χ4n) is 2.00. The van der Waals surface area contributed by atoms with Gasteiger partial charge in [-0.05, 0) is 6.07 Å². The van der Waals surface area contributed by atoms with Gasteiger partial charge in [-0.1, -0.05) is 0 Å². The van der Waals surface area contributed by atoms with Gasteiger partial charge in [0.25, 0.3) is 5.91 Å². The van der Waals surface area contributed by atoms with Gasteiger partial charge in [0.15, 0.2) is 0 Å². The fraction of sp³-hybridized carbons (Fsp3) is 0.429. The van der Waals surface area contributed by atoms with Crippen LogP contribution in [-0.4, -0.2) is 53.9 Å². The Balaban J connectivity index is 1.60. The molecule has 1 saturated heterocycles. The lowest BCUT2D eigenvalue weighted by Crippen LogP contribution is -2.33. The molecule has 2 heterocycles. The Hall–Kier alpha value is -2.35. The number of pyridine rings is 1. The maximum Gasteiger partial charge on any atom is 0.253 e. The van der Waals surface area contributed by atoms with E-state index in [0.717, 1.165) is 12.3 Å². The average Bonchev–Trinajstić information content (AvgIpc) is 2.82. The summed E-state index contributed by atoms with van der Waals surface area (Å²) in [4.78, 5) is 39.1. The molecule has 3 amide bonds. The van der Waals surface area contributed by atoms with E-state index in [1.807, 2.05) is 0 Å². The molecule has 118 valence electrons. The van der Waals surface area contributed by atoms with Crippen LogP contribution in [-0.2, 0) is 14.3 Å². The molecule has 0 radical (unpaired) electrons. The molecular weight excluding hydrogens is 293 g/mol. The van der Waals surface area contributed by atoms with E-state index in [1.54, 1.807) is 0 Å². The summed E-state index contributed by atoms with van der Waals surface area (Å²) in [7, 11) is 0. The molecule has 1 N–H and O–H groups in total. The molecule has 2 rings (SSSR count). The summed E-state index contributed by atoms with van der Waals surface area (Å²) in [6, 6.07) is 1.09. The lowest BCUT2D eigenvalue weighted by molar-refractivity contribution is -0.139. The maximum absolute atomic E-state index is 12.9. The molecule has 0 aromatic carbocycles. The number of carbonyl (C=O) groups excluding carboxylic acids is 3. The van der Waals surface area contributed by atoms with Crippen molar-refractivity contribution in [3.8, 4) is 0 Å². The van der Waals surface area contributed by atoms with Crippen molar-refractivity contribution < 1.29 is 23.5 Å². The van der Waals surface area contributed by atoms with Gasteiger partial charge in [0, 0.05) is 25.6 Å². The van der Waals surface area contributed by atoms with Crippen molar-refractivity contribution in [1.29, 1.82) is 0 Å². The van der Waals surface area contributed by atoms with E-state index in [1.165, 1.54) is 11.1 Å². The second-order valence-corrected chi connectivity index (χ2v) is 4.70. The van der Waals surface area contributed by atoms with Crippen LogP contribution < -0.4 is 5.32 Å². The second kappa shape index (κ2) is 7.60. The quantitative estimate of drug-likeness (QED) is 0.571. The van der Waals surface area contributed by atoms with Gasteiger partial charge in [-0.15, -0.1) is 0 Å².